The first-order valence-electron chi connectivity index (χ1n) is 17.4. The number of nitrogens with zero attached hydrogens (tertiary/aromatic N) is 5. The lowest BCUT2D eigenvalue weighted by molar-refractivity contribution is 0.320. The smallest absolute Gasteiger partial charge is 0.133 e. The van der Waals surface area contributed by atoms with Gasteiger partial charge in [-0.3, -0.25) is 9.67 Å². The summed E-state index contributed by atoms with van der Waals surface area (Å²) in [5, 5.41) is 4.58. The van der Waals surface area contributed by atoms with Gasteiger partial charge in [0.2, 0.25) is 0 Å². The van der Waals surface area contributed by atoms with Crippen molar-refractivity contribution in [2.45, 2.75) is 132 Å². The topological polar surface area (TPSA) is 46.8 Å². The van der Waals surface area contributed by atoms with Crippen LogP contribution in [0, 0.1) is 18.8 Å². The monoisotopic (exact) mass is 585 g/mol. The van der Waals surface area contributed by atoms with Crippen molar-refractivity contribution in [3.8, 4) is 11.1 Å². The van der Waals surface area contributed by atoms with Crippen LogP contribution >= 0.6 is 0 Å². The molecule has 43 heavy (non-hydrogen) atoms. The van der Waals surface area contributed by atoms with E-state index in [2.05, 4.69) is 68.2 Å². The Kier molecular flexibility index (Phi) is 14.0. The summed E-state index contributed by atoms with van der Waals surface area (Å²) in [6, 6.07) is 9.29. The molecular formula is C38H59N5. The molecule has 3 heterocycles. The summed E-state index contributed by atoms with van der Waals surface area (Å²) >= 11 is 0. The van der Waals surface area contributed by atoms with Crippen molar-refractivity contribution in [3.05, 3.63) is 72.1 Å². The summed E-state index contributed by atoms with van der Waals surface area (Å²) in [5.74, 6) is 2.83. The number of hydrogen-bond donors (Lipinski definition) is 0. The molecule has 5 nitrogen and oxygen atoms in total. The van der Waals surface area contributed by atoms with Gasteiger partial charge in [0.25, 0.3) is 0 Å². The van der Waals surface area contributed by atoms with Gasteiger partial charge in [-0.15, -0.1) is 0 Å². The standard InChI is InChI=1S/C34H47N5.2C2H6/c1-6-28-16-17-33(37-25(28)4)30-14-12-27(13-15-30)22-38(26(5)29-10-8-7-9-11-29)34-20-31(18-19-35-34)32-21-36-39(23-32)24(2)3;2*1-2/h16-21,23-24,27,29-30H,5-15,22H2,1-4H3;2*1-2H3. The van der Waals surface area contributed by atoms with E-state index in [4.69, 9.17) is 16.5 Å². The van der Waals surface area contributed by atoms with Gasteiger partial charge >= 0.3 is 0 Å². The molecule has 0 N–H and O–H groups in total. The minimum absolute atomic E-state index is 0.349. The molecule has 2 saturated carbocycles. The Hall–Kier alpha value is -2.95. The Morgan fingerprint density at radius 1 is 0.953 bits per heavy atom. The fourth-order valence-electron chi connectivity index (χ4n) is 6.64. The van der Waals surface area contributed by atoms with E-state index < -0.39 is 0 Å². The van der Waals surface area contributed by atoms with E-state index in [0.717, 1.165) is 24.3 Å². The number of anilines is 1. The lowest BCUT2D eigenvalue weighted by Gasteiger charge is -2.37. The summed E-state index contributed by atoms with van der Waals surface area (Å²) < 4.78 is 2.03. The van der Waals surface area contributed by atoms with Crippen molar-refractivity contribution >= 4 is 5.82 Å². The normalized spacial score (nSPS) is 18.7. The summed E-state index contributed by atoms with van der Waals surface area (Å²) in [6.45, 7) is 22.4. The van der Waals surface area contributed by atoms with Crippen LogP contribution in [0.25, 0.3) is 11.1 Å². The summed E-state index contributed by atoms with van der Waals surface area (Å²) in [5.41, 5.74) is 7.46. The molecule has 0 amide bonds. The van der Waals surface area contributed by atoms with Gasteiger partial charge in [0.15, 0.2) is 0 Å². The number of aryl methyl sites for hydroxylation is 2. The van der Waals surface area contributed by atoms with Gasteiger partial charge in [0.1, 0.15) is 5.82 Å². The maximum Gasteiger partial charge on any atom is 0.133 e. The predicted octanol–water partition coefficient (Wildman–Crippen LogP) is 10.7. The zero-order valence-corrected chi connectivity index (χ0v) is 28.6. The van der Waals surface area contributed by atoms with E-state index in [0.29, 0.717) is 23.8 Å². The van der Waals surface area contributed by atoms with Crippen LogP contribution in [-0.4, -0.2) is 26.3 Å². The zero-order valence-electron chi connectivity index (χ0n) is 28.6. The van der Waals surface area contributed by atoms with Crippen molar-refractivity contribution in [1.82, 2.24) is 19.7 Å². The molecule has 2 fully saturated rings. The van der Waals surface area contributed by atoms with E-state index in [1.54, 1.807) is 0 Å². The molecule has 0 spiro atoms. The molecule has 0 unspecified atom stereocenters. The first kappa shape index (κ1) is 34.5. The number of allylic oxidation sites excluding steroid dienone is 1. The summed E-state index contributed by atoms with van der Waals surface area (Å²) in [6.07, 6.45) is 18.5. The molecule has 0 bridgehead atoms. The van der Waals surface area contributed by atoms with Crippen LogP contribution in [0.4, 0.5) is 5.82 Å². The Balaban J connectivity index is 0.00000121. The first-order chi connectivity index (χ1) is 20.9. The lowest BCUT2D eigenvalue weighted by atomic mass is 9.79. The SMILES string of the molecule is C=C(C1CCCCC1)N(CC1CCC(c2ccc(CC)c(C)n2)CC1)c1cc(-c2cnn(C(C)C)c2)ccn1.CC.CC. The summed E-state index contributed by atoms with van der Waals surface area (Å²) in [7, 11) is 0. The second-order valence-corrected chi connectivity index (χ2v) is 12.2. The highest BCUT2D eigenvalue weighted by Gasteiger charge is 2.29. The van der Waals surface area contributed by atoms with Gasteiger partial charge in [0, 0.05) is 53.5 Å². The maximum atomic E-state index is 5.00. The molecule has 0 saturated heterocycles. The number of aromatic nitrogens is 4. The number of pyridine rings is 2. The van der Waals surface area contributed by atoms with Crippen molar-refractivity contribution in [1.29, 1.82) is 0 Å². The van der Waals surface area contributed by atoms with Crippen molar-refractivity contribution in [2.24, 2.45) is 11.8 Å². The molecule has 236 valence electrons. The Labute approximate surface area is 263 Å². The molecule has 0 atom stereocenters. The van der Waals surface area contributed by atoms with Gasteiger partial charge in [-0.05, 0) is 107 Å². The predicted molar refractivity (Wildman–Crippen MR) is 185 cm³/mol. The number of rotatable bonds is 9. The van der Waals surface area contributed by atoms with E-state index in [1.807, 2.05) is 44.8 Å². The quantitative estimate of drug-likeness (QED) is 0.251. The minimum atomic E-state index is 0.349. The summed E-state index contributed by atoms with van der Waals surface area (Å²) in [4.78, 5) is 12.4. The minimum Gasteiger partial charge on any atom is -0.330 e. The molecule has 2 aliphatic rings. The largest absolute Gasteiger partial charge is 0.330 e. The highest BCUT2D eigenvalue weighted by molar-refractivity contribution is 5.66. The second-order valence-electron chi connectivity index (χ2n) is 12.2. The highest BCUT2D eigenvalue weighted by Crippen LogP contribution is 2.39. The Morgan fingerprint density at radius 2 is 1.65 bits per heavy atom. The average molecular weight is 586 g/mol. The van der Waals surface area contributed by atoms with Crippen molar-refractivity contribution in [3.63, 3.8) is 0 Å². The molecular weight excluding hydrogens is 526 g/mol. The molecule has 0 radical (unpaired) electrons. The van der Waals surface area contributed by atoms with Crippen LogP contribution in [0.3, 0.4) is 0 Å². The molecule has 3 aromatic heterocycles. The van der Waals surface area contributed by atoms with E-state index >= 15 is 0 Å². The third-order valence-electron chi connectivity index (χ3n) is 9.21. The second kappa shape index (κ2) is 17.4. The maximum absolute atomic E-state index is 5.00. The Bertz CT molecular complexity index is 1240. The van der Waals surface area contributed by atoms with Crippen molar-refractivity contribution < 1.29 is 0 Å². The molecule has 2 aliphatic carbocycles. The lowest BCUT2D eigenvalue weighted by Crippen LogP contribution is -2.34. The van der Waals surface area contributed by atoms with Gasteiger partial charge in [-0.2, -0.15) is 5.10 Å². The van der Waals surface area contributed by atoms with E-state index in [1.165, 1.54) is 86.0 Å². The van der Waals surface area contributed by atoms with Crippen LogP contribution in [0.15, 0.2) is 55.1 Å². The zero-order chi connectivity index (χ0) is 31.4. The molecule has 5 heteroatoms. The third-order valence-corrected chi connectivity index (χ3v) is 9.21. The third kappa shape index (κ3) is 9.03. The van der Waals surface area contributed by atoms with Crippen LogP contribution in [0.2, 0.25) is 0 Å². The van der Waals surface area contributed by atoms with Gasteiger partial charge in [-0.1, -0.05) is 66.5 Å². The molecule has 3 aromatic rings. The highest BCUT2D eigenvalue weighted by atomic mass is 15.3. The number of hydrogen-bond acceptors (Lipinski definition) is 4. The average Bonchev–Trinajstić information content (AvgIpc) is 3.57. The van der Waals surface area contributed by atoms with Crippen LogP contribution in [0.5, 0.6) is 0 Å². The molecule has 5 rings (SSSR count). The van der Waals surface area contributed by atoms with E-state index in [-0.39, 0.29) is 0 Å². The molecule has 0 aliphatic heterocycles. The van der Waals surface area contributed by atoms with Crippen LogP contribution < -0.4 is 4.90 Å². The fraction of sp³-hybridized carbons (Fsp3) is 0.605. The van der Waals surface area contributed by atoms with Crippen molar-refractivity contribution in [2.75, 3.05) is 11.4 Å². The first-order valence-corrected chi connectivity index (χ1v) is 17.4. The molecule has 0 aromatic carbocycles. The van der Waals surface area contributed by atoms with Gasteiger partial charge < -0.3 is 4.90 Å². The van der Waals surface area contributed by atoms with E-state index in [9.17, 15) is 0 Å². The Morgan fingerprint density at radius 3 is 2.26 bits per heavy atom. The van der Waals surface area contributed by atoms with Gasteiger partial charge in [0.05, 0.1) is 6.20 Å². The van der Waals surface area contributed by atoms with Gasteiger partial charge in [-0.25, -0.2) is 4.98 Å². The fourth-order valence-corrected chi connectivity index (χ4v) is 6.64. The van der Waals surface area contributed by atoms with Crippen LogP contribution in [-0.2, 0) is 6.42 Å². The van der Waals surface area contributed by atoms with Crippen LogP contribution in [0.1, 0.15) is 135 Å².